The molecule has 1 aliphatic carbocycles. The fourth-order valence-corrected chi connectivity index (χ4v) is 1.94. The average Bonchev–Trinajstić information content (AvgIpc) is 2.93. The molecule has 1 aromatic rings. The minimum absolute atomic E-state index is 0.163. The Morgan fingerprint density at radius 2 is 2.14 bits per heavy atom. The van der Waals surface area contributed by atoms with Crippen LogP contribution < -0.4 is 5.73 Å². The van der Waals surface area contributed by atoms with E-state index in [2.05, 4.69) is 12.6 Å². The Morgan fingerprint density at radius 3 is 2.64 bits per heavy atom. The topological polar surface area (TPSA) is 46.2 Å². The van der Waals surface area contributed by atoms with Crippen molar-refractivity contribution < 1.29 is 5.11 Å². The van der Waals surface area contributed by atoms with Crippen molar-refractivity contribution in [3.05, 3.63) is 23.8 Å². The van der Waals surface area contributed by atoms with Crippen molar-refractivity contribution >= 4 is 18.3 Å². The number of thiol groups is 1. The maximum absolute atomic E-state index is 9.20. The second-order valence-electron chi connectivity index (χ2n) is 4.23. The third-order valence-electron chi connectivity index (χ3n) is 2.97. The lowest BCUT2D eigenvalue weighted by atomic mass is 9.97. The molecular weight excluding hydrogens is 194 g/mol. The molecule has 0 atom stereocenters. The van der Waals surface area contributed by atoms with Crippen LogP contribution in [-0.2, 0) is 6.42 Å². The summed E-state index contributed by atoms with van der Waals surface area (Å²) in [5.41, 5.74) is 7.77. The van der Waals surface area contributed by atoms with Crippen molar-refractivity contribution in [1.29, 1.82) is 0 Å². The first-order valence-corrected chi connectivity index (χ1v) is 5.28. The summed E-state index contributed by atoms with van der Waals surface area (Å²) in [6.45, 7) is 0.291. The van der Waals surface area contributed by atoms with E-state index in [1.54, 1.807) is 0 Å². The van der Waals surface area contributed by atoms with Gasteiger partial charge in [-0.25, -0.2) is 0 Å². The summed E-state index contributed by atoms with van der Waals surface area (Å²) in [6.07, 6.45) is 3.21. The lowest BCUT2D eigenvalue weighted by molar-refractivity contribution is 0.211. The van der Waals surface area contributed by atoms with Crippen molar-refractivity contribution in [2.24, 2.45) is 5.41 Å². The third-order valence-corrected chi connectivity index (χ3v) is 3.35. The van der Waals surface area contributed by atoms with Crippen LogP contribution in [0.1, 0.15) is 18.4 Å². The van der Waals surface area contributed by atoms with Gasteiger partial charge >= 0.3 is 0 Å². The molecule has 0 saturated heterocycles. The summed E-state index contributed by atoms with van der Waals surface area (Å²) in [6, 6.07) is 5.89. The minimum Gasteiger partial charge on any atom is -0.398 e. The molecule has 14 heavy (non-hydrogen) atoms. The van der Waals surface area contributed by atoms with Gasteiger partial charge in [0.2, 0.25) is 0 Å². The smallest absolute Gasteiger partial charge is 0.0490 e. The van der Waals surface area contributed by atoms with Crippen molar-refractivity contribution in [2.75, 3.05) is 12.3 Å². The number of hydrogen-bond donors (Lipinski definition) is 3. The standard InChI is InChI=1S/C11H15NOS/c12-9-2-1-8(5-10(9)14)6-11(7-13)3-4-11/h1-2,5,13-14H,3-4,6-7,12H2. The summed E-state index contributed by atoms with van der Waals surface area (Å²) < 4.78 is 0. The quantitative estimate of drug-likeness (QED) is 0.526. The summed E-state index contributed by atoms with van der Waals surface area (Å²) in [4.78, 5) is 0.830. The highest BCUT2D eigenvalue weighted by Gasteiger charge is 2.41. The molecule has 3 heteroatoms. The lowest BCUT2D eigenvalue weighted by Gasteiger charge is -2.12. The number of hydrogen-bond acceptors (Lipinski definition) is 3. The van der Waals surface area contributed by atoms with Gasteiger partial charge in [0, 0.05) is 17.2 Å². The van der Waals surface area contributed by atoms with Crippen molar-refractivity contribution in [3.8, 4) is 0 Å². The second kappa shape index (κ2) is 3.48. The fourth-order valence-electron chi connectivity index (χ4n) is 1.70. The molecule has 76 valence electrons. The number of aliphatic hydroxyl groups is 1. The zero-order valence-electron chi connectivity index (χ0n) is 8.03. The highest BCUT2D eigenvalue weighted by molar-refractivity contribution is 7.80. The second-order valence-corrected chi connectivity index (χ2v) is 4.71. The van der Waals surface area contributed by atoms with Crippen molar-refractivity contribution in [1.82, 2.24) is 0 Å². The first kappa shape index (κ1) is 9.87. The molecule has 0 aliphatic heterocycles. The van der Waals surface area contributed by atoms with Crippen molar-refractivity contribution in [2.45, 2.75) is 24.2 Å². The number of nitrogen functional groups attached to an aromatic ring is 1. The SMILES string of the molecule is Nc1ccc(CC2(CO)CC2)cc1S. The molecule has 0 heterocycles. The Morgan fingerprint density at radius 1 is 1.43 bits per heavy atom. The molecule has 0 unspecified atom stereocenters. The van der Waals surface area contributed by atoms with Gasteiger partial charge in [-0.1, -0.05) is 6.07 Å². The van der Waals surface area contributed by atoms with E-state index in [0.717, 1.165) is 24.2 Å². The Labute approximate surface area is 89.5 Å². The molecule has 1 fully saturated rings. The normalized spacial score (nSPS) is 18.1. The largest absolute Gasteiger partial charge is 0.398 e. The van der Waals surface area contributed by atoms with E-state index in [-0.39, 0.29) is 5.41 Å². The predicted octanol–water partition coefficient (Wildman–Crippen LogP) is 1.87. The molecule has 0 bridgehead atoms. The van der Waals surface area contributed by atoms with Crippen LogP contribution in [0.5, 0.6) is 0 Å². The summed E-state index contributed by atoms with van der Waals surface area (Å²) in [5.74, 6) is 0. The van der Waals surface area contributed by atoms with E-state index in [9.17, 15) is 5.11 Å². The Balaban J connectivity index is 2.14. The van der Waals surface area contributed by atoms with Gasteiger partial charge in [-0.15, -0.1) is 12.6 Å². The molecule has 0 aromatic heterocycles. The molecule has 1 aromatic carbocycles. The summed E-state index contributed by atoms with van der Waals surface area (Å²) in [5, 5.41) is 9.20. The van der Waals surface area contributed by atoms with E-state index in [0.29, 0.717) is 12.3 Å². The molecule has 0 amide bonds. The first-order chi connectivity index (χ1) is 6.65. The van der Waals surface area contributed by atoms with E-state index in [1.165, 1.54) is 5.56 Å². The summed E-state index contributed by atoms with van der Waals surface area (Å²) >= 11 is 4.28. The van der Waals surface area contributed by atoms with Gasteiger partial charge in [-0.3, -0.25) is 0 Å². The van der Waals surface area contributed by atoms with Gasteiger partial charge in [-0.05, 0) is 42.4 Å². The van der Waals surface area contributed by atoms with Crippen molar-refractivity contribution in [3.63, 3.8) is 0 Å². The monoisotopic (exact) mass is 209 g/mol. The van der Waals surface area contributed by atoms with E-state index in [1.807, 2.05) is 18.2 Å². The van der Waals surface area contributed by atoms with Gasteiger partial charge in [-0.2, -0.15) is 0 Å². The van der Waals surface area contributed by atoms with Crippen LogP contribution in [0.2, 0.25) is 0 Å². The van der Waals surface area contributed by atoms with Gasteiger partial charge in [0.05, 0.1) is 0 Å². The maximum atomic E-state index is 9.20. The highest BCUT2D eigenvalue weighted by atomic mass is 32.1. The van der Waals surface area contributed by atoms with Crippen LogP contribution in [0.4, 0.5) is 5.69 Å². The molecule has 0 spiro atoms. The highest BCUT2D eigenvalue weighted by Crippen LogP contribution is 2.47. The maximum Gasteiger partial charge on any atom is 0.0490 e. The molecular formula is C11H15NOS. The average molecular weight is 209 g/mol. The van der Waals surface area contributed by atoms with Crippen LogP contribution in [0.3, 0.4) is 0 Å². The Kier molecular flexibility index (Phi) is 2.45. The Hall–Kier alpha value is -0.670. The van der Waals surface area contributed by atoms with Gasteiger partial charge in [0.15, 0.2) is 0 Å². The Bertz CT molecular complexity index is 347. The molecule has 0 radical (unpaired) electrons. The molecule has 1 aliphatic rings. The predicted molar refractivity (Wildman–Crippen MR) is 60.6 cm³/mol. The molecule has 2 rings (SSSR count). The minimum atomic E-state index is 0.163. The van der Waals surface area contributed by atoms with Gasteiger partial charge in [0.25, 0.3) is 0 Å². The number of nitrogens with two attached hydrogens (primary N) is 1. The molecule has 2 nitrogen and oxygen atoms in total. The van der Waals surface area contributed by atoms with Crippen LogP contribution >= 0.6 is 12.6 Å². The van der Waals surface area contributed by atoms with E-state index in [4.69, 9.17) is 5.73 Å². The molecule has 1 saturated carbocycles. The van der Waals surface area contributed by atoms with Gasteiger partial charge in [0.1, 0.15) is 0 Å². The zero-order valence-corrected chi connectivity index (χ0v) is 8.93. The lowest BCUT2D eigenvalue weighted by Crippen LogP contribution is -2.10. The number of aliphatic hydroxyl groups excluding tert-OH is 1. The molecule has 3 N–H and O–H groups in total. The summed E-state index contributed by atoms with van der Waals surface area (Å²) in [7, 11) is 0. The van der Waals surface area contributed by atoms with Crippen LogP contribution in [-0.4, -0.2) is 11.7 Å². The first-order valence-electron chi connectivity index (χ1n) is 4.83. The number of rotatable bonds is 3. The third kappa shape index (κ3) is 1.88. The number of benzene rings is 1. The fraction of sp³-hybridized carbons (Fsp3) is 0.455. The van der Waals surface area contributed by atoms with Crippen LogP contribution in [0, 0.1) is 5.41 Å². The van der Waals surface area contributed by atoms with Crippen LogP contribution in [0.15, 0.2) is 23.1 Å². The van der Waals surface area contributed by atoms with E-state index < -0.39 is 0 Å². The van der Waals surface area contributed by atoms with Gasteiger partial charge < -0.3 is 10.8 Å². The zero-order chi connectivity index (χ0) is 10.2. The van der Waals surface area contributed by atoms with Crippen LogP contribution in [0.25, 0.3) is 0 Å². The number of anilines is 1. The van der Waals surface area contributed by atoms with E-state index >= 15 is 0 Å².